The molecule has 0 radical (unpaired) electrons. The lowest BCUT2D eigenvalue weighted by atomic mass is 10.0. The summed E-state index contributed by atoms with van der Waals surface area (Å²) in [5, 5.41) is 4.26. The van der Waals surface area contributed by atoms with E-state index < -0.39 is 0 Å². The Hall–Kier alpha value is 0.380. The van der Waals surface area contributed by atoms with Gasteiger partial charge in [-0.1, -0.05) is 39.7 Å². The van der Waals surface area contributed by atoms with Crippen molar-refractivity contribution < 1.29 is 0 Å². The van der Waals surface area contributed by atoms with E-state index in [-0.39, 0.29) is 4.83 Å². The molecule has 0 aliphatic rings. The van der Waals surface area contributed by atoms with Crippen LogP contribution in [0.5, 0.6) is 0 Å². The Labute approximate surface area is 156 Å². The second kappa shape index (κ2) is 6.24. The van der Waals surface area contributed by atoms with Gasteiger partial charge in [0.1, 0.15) is 0 Å². The molecular weight excluding hydrogens is 534 g/mol. The third-order valence-electron chi connectivity index (χ3n) is 3.09. The first-order valence-corrected chi connectivity index (χ1v) is 9.87. The Morgan fingerprint density at radius 3 is 2.75 bits per heavy atom. The zero-order chi connectivity index (χ0) is 14.3. The Morgan fingerprint density at radius 1 is 1.15 bits per heavy atom. The van der Waals surface area contributed by atoms with Crippen molar-refractivity contribution in [2.45, 2.75) is 4.83 Å². The van der Waals surface area contributed by atoms with Gasteiger partial charge in [0.25, 0.3) is 0 Å². The number of fused-ring (bicyclic) bond motifs is 1. The summed E-state index contributed by atoms with van der Waals surface area (Å²) in [7, 11) is 0. The standard InChI is InChI=1S/C15H8Br2ClIS/c16-12-3-1-2-9-11(7-20-15(9)12)14(17)10-6-8(18)4-5-13(10)19/h1-7,14H. The molecule has 0 N–H and O–H groups in total. The number of rotatable bonds is 2. The fourth-order valence-electron chi connectivity index (χ4n) is 2.11. The SMILES string of the molecule is Clc1ccc(I)c(C(Br)c2csc3c(Br)cccc23)c1. The second-order valence-corrected chi connectivity index (χ2v) is 8.58. The maximum Gasteiger partial charge on any atom is 0.0669 e. The molecule has 1 heterocycles. The lowest BCUT2D eigenvalue weighted by Gasteiger charge is -2.12. The molecule has 0 amide bonds. The van der Waals surface area contributed by atoms with Crippen LogP contribution in [0.15, 0.2) is 46.3 Å². The minimum absolute atomic E-state index is 0.149. The number of benzene rings is 2. The molecule has 0 aliphatic heterocycles. The zero-order valence-corrected chi connectivity index (χ0v) is 16.9. The molecule has 0 saturated heterocycles. The topological polar surface area (TPSA) is 0 Å². The molecule has 102 valence electrons. The first kappa shape index (κ1) is 15.3. The first-order chi connectivity index (χ1) is 9.58. The second-order valence-electron chi connectivity index (χ2n) is 4.34. The van der Waals surface area contributed by atoms with Crippen LogP contribution in [0.2, 0.25) is 5.02 Å². The van der Waals surface area contributed by atoms with E-state index in [1.807, 2.05) is 12.1 Å². The molecule has 5 heteroatoms. The Kier molecular flexibility index (Phi) is 4.77. The molecular formula is C15H8Br2ClIS. The highest BCUT2D eigenvalue weighted by atomic mass is 127. The van der Waals surface area contributed by atoms with Crippen LogP contribution < -0.4 is 0 Å². The van der Waals surface area contributed by atoms with Gasteiger partial charge in [-0.3, -0.25) is 0 Å². The van der Waals surface area contributed by atoms with Gasteiger partial charge < -0.3 is 0 Å². The largest absolute Gasteiger partial charge is 0.142 e. The summed E-state index contributed by atoms with van der Waals surface area (Å²) >= 11 is 17.7. The molecule has 20 heavy (non-hydrogen) atoms. The summed E-state index contributed by atoms with van der Waals surface area (Å²) in [6.45, 7) is 0. The number of hydrogen-bond acceptors (Lipinski definition) is 1. The summed E-state index contributed by atoms with van der Waals surface area (Å²) < 4.78 is 3.64. The van der Waals surface area contributed by atoms with Gasteiger partial charge in [0.2, 0.25) is 0 Å². The quantitative estimate of drug-likeness (QED) is 0.234. The monoisotopic (exact) mass is 540 g/mol. The lowest BCUT2D eigenvalue weighted by molar-refractivity contribution is 1.19. The molecule has 0 aliphatic carbocycles. The highest BCUT2D eigenvalue weighted by Crippen LogP contribution is 2.42. The van der Waals surface area contributed by atoms with Gasteiger partial charge in [-0.25, -0.2) is 0 Å². The van der Waals surface area contributed by atoms with Crippen LogP contribution in [0.1, 0.15) is 16.0 Å². The zero-order valence-electron chi connectivity index (χ0n) is 10.0. The van der Waals surface area contributed by atoms with E-state index in [4.69, 9.17) is 11.6 Å². The van der Waals surface area contributed by atoms with Crippen molar-refractivity contribution in [3.63, 3.8) is 0 Å². The van der Waals surface area contributed by atoms with Crippen molar-refractivity contribution in [1.82, 2.24) is 0 Å². The van der Waals surface area contributed by atoms with Crippen LogP contribution in [0.3, 0.4) is 0 Å². The van der Waals surface area contributed by atoms with Gasteiger partial charge >= 0.3 is 0 Å². The van der Waals surface area contributed by atoms with Crippen LogP contribution in [-0.2, 0) is 0 Å². The molecule has 1 unspecified atom stereocenters. The van der Waals surface area contributed by atoms with Crippen molar-refractivity contribution >= 4 is 87.5 Å². The molecule has 1 atom stereocenters. The molecule has 2 aromatic carbocycles. The molecule has 0 spiro atoms. The van der Waals surface area contributed by atoms with Crippen LogP contribution in [0, 0.1) is 3.57 Å². The van der Waals surface area contributed by atoms with E-state index in [1.54, 1.807) is 11.3 Å². The van der Waals surface area contributed by atoms with E-state index >= 15 is 0 Å². The predicted octanol–water partition coefficient (Wildman–Crippen LogP) is 7.41. The summed E-state index contributed by atoms with van der Waals surface area (Å²) in [5.74, 6) is 0. The molecule has 0 saturated carbocycles. The number of thiophene rings is 1. The highest BCUT2D eigenvalue weighted by molar-refractivity contribution is 14.1. The third-order valence-corrected chi connectivity index (χ3v) is 7.26. The van der Waals surface area contributed by atoms with Gasteiger partial charge in [0, 0.05) is 17.8 Å². The predicted molar refractivity (Wildman–Crippen MR) is 104 cm³/mol. The maximum atomic E-state index is 6.14. The first-order valence-electron chi connectivity index (χ1n) is 5.82. The molecule has 3 aromatic rings. The molecule has 0 bridgehead atoms. The van der Waals surface area contributed by atoms with Crippen LogP contribution in [0.4, 0.5) is 0 Å². The average Bonchev–Trinajstić information content (AvgIpc) is 2.86. The van der Waals surface area contributed by atoms with Gasteiger partial charge in [0.15, 0.2) is 0 Å². The summed E-state index contributed by atoms with van der Waals surface area (Å²) in [6, 6.07) is 12.3. The fraction of sp³-hybridized carbons (Fsp3) is 0.0667. The molecule has 0 nitrogen and oxygen atoms in total. The van der Waals surface area contributed by atoms with Crippen molar-refractivity contribution in [1.29, 1.82) is 0 Å². The van der Waals surface area contributed by atoms with Crippen LogP contribution in [-0.4, -0.2) is 0 Å². The average molecular weight is 542 g/mol. The van der Waals surface area contributed by atoms with Gasteiger partial charge in [0.05, 0.1) is 4.83 Å². The molecule has 3 rings (SSSR count). The minimum Gasteiger partial charge on any atom is -0.142 e. The molecule has 1 aromatic heterocycles. The van der Waals surface area contributed by atoms with Gasteiger partial charge in [-0.15, -0.1) is 11.3 Å². The number of alkyl halides is 1. The van der Waals surface area contributed by atoms with Gasteiger partial charge in [-0.2, -0.15) is 0 Å². The summed E-state index contributed by atoms with van der Waals surface area (Å²) in [6.07, 6.45) is 0. The van der Waals surface area contributed by atoms with Crippen molar-refractivity contribution in [3.8, 4) is 0 Å². The minimum atomic E-state index is 0.149. The summed E-state index contributed by atoms with van der Waals surface area (Å²) in [5.41, 5.74) is 2.49. The van der Waals surface area contributed by atoms with E-state index in [0.717, 1.165) is 9.50 Å². The Bertz CT molecular complexity index is 785. The smallest absolute Gasteiger partial charge is 0.0669 e. The van der Waals surface area contributed by atoms with Crippen molar-refractivity contribution in [2.75, 3.05) is 0 Å². The Morgan fingerprint density at radius 2 is 1.95 bits per heavy atom. The third kappa shape index (κ3) is 2.82. The fourth-order valence-corrected chi connectivity index (χ4v) is 5.95. The van der Waals surface area contributed by atoms with Crippen LogP contribution in [0.25, 0.3) is 10.1 Å². The van der Waals surface area contributed by atoms with E-state index in [1.165, 1.54) is 24.8 Å². The summed E-state index contributed by atoms with van der Waals surface area (Å²) in [4.78, 5) is 0.149. The molecule has 0 fully saturated rings. The van der Waals surface area contributed by atoms with Crippen molar-refractivity contribution in [2.24, 2.45) is 0 Å². The van der Waals surface area contributed by atoms with E-state index in [0.29, 0.717) is 0 Å². The normalized spacial score (nSPS) is 12.8. The van der Waals surface area contributed by atoms with Gasteiger partial charge in [-0.05, 0) is 84.7 Å². The lowest BCUT2D eigenvalue weighted by Crippen LogP contribution is -1.95. The van der Waals surface area contributed by atoms with Crippen LogP contribution >= 0.6 is 77.4 Å². The van der Waals surface area contributed by atoms with Crippen molar-refractivity contribution in [3.05, 3.63) is 66.0 Å². The number of hydrogen-bond donors (Lipinski definition) is 0. The highest BCUT2D eigenvalue weighted by Gasteiger charge is 2.18. The van der Waals surface area contributed by atoms with E-state index in [2.05, 4.69) is 84.1 Å². The van der Waals surface area contributed by atoms with E-state index in [9.17, 15) is 0 Å². The number of halogens is 4. The maximum absolute atomic E-state index is 6.14. The Balaban J connectivity index is 2.15.